The van der Waals surface area contributed by atoms with Gasteiger partial charge in [-0.1, -0.05) is 12.1 Å². The van der Waals surface area contributed by atoms with Crippen LogP contribution < -0.4 is 9.64 Å². The molecule has 1 aromatic carbocycles. The number of aromatic nitrogens is 3. The third-order valence-electron chi connectivity index (χ3n) is 4.71. The van der Waals surface area contributed by atoms with Crippen LogP contribution in [0.2, 0.25) is 0 Å². The minimum atomic E-state index is -4.56. The molecule has 8 heteroatoms. The van der Waals surface area contributed by atoms with Crippen molar-refractivity contribution in [3.63, 3.8) is 0 Å². The third-order valence-corrected chi connectivity index (χ3v) is 4.71. The second-order valence-electron chi connectivity index (χ2n) is 6.44. The quantitative estimate of drug-likeness (QED) is 0.678. The maximum Gasteiger partial charge on any atom is 0.433 e. The first-order valence-corrected chi connectivity index (χ1v) is 8.72. The fraction of sp³-hybridized carbons (Fsp3) is 0.250. The molecule has 0 aliphatic carbocycles. The number of halogens is 3. The molecule has 0 N–H and O–H groups in total. The molecule has 0 saturated carbocycles. The van der Waals surface area contributed by atoms with Gasteiger partial charge in [0.05, 0.1) is 7.11 Å². The lowest BCUT2D eigenvalue weighted by Gasteiger charge is -2.31. The van der Waals surface area contributed by atoms with E-state index >= 15 is 0 Å². The van der Waals surface area contributed by atoms with Crippen molar-refractivity contribution < 1.29 is 17.9 Å². The van der Waals surface area contributed by atoms with Crippen LogP contribution in [0.5, 0.6) is 5.75 Å². The molecule has 1 aliphatic rings. The van der Waals surface area contributed by atoms with Gasteiger partial charge in [-0.15, -0.1) is 0 Å². The highest BCUT2D eigenvalue weighted by Gasteiger charge is 2.34. The topological polar surface area (TPSA) is 51.1 Å². The van der Waals surface area contributed by atoms with Crippen LogP contribution in [-0.4, -0.2) is 28.6 Å². The van der Waals surface area contributed by atoms with Gasteiger partial charge in [0, 0.05) is 42.7 Å². The summed E-state index contributed by atoms with van der Waals surface area (Å²) in [5.74, 6) is 1.08. The summed E-state index contributed by atoms with van der Waals surface area (Å²) in [6.07, 6.45) is -0.893. The van der Waals surface area contributed by atoms with Gasteiger partial charge in [-0.05, 0) is 30.2 Å². The van der Waals surface area contributed by atoms with Crippen LogP contribution in [0.4, 0.5) is 19.0 Å². The van der Waals surface area contributed by atoms with Crippen molar-refractivity contribution in [2.45, 2.75) is 19.1 Å². The highest BCUT2D eigenvalue weighted by molar-refractivity contribution is 5.58. The first-order valence-electron chi connectivity index (χ1n) is 8.72. The Kier molecular flexibility index (Phi) is 4.62. The SMILES string of the molecule is COc1cccc2c1CCN(c1cc(C(F)(F)F)nc(-c3ccncc3)n1)C2. The zero-order chi connectivity index (χ0) is 19.7. The summed E-state index contributed by atoms with van der Waals surface area (Å²) in [4.78, 5) is 13.9. The van der Waals surface area contributed by atoms with Gasteiger partial charge in [-0.25, -0.2) is 9.97 Å². The Bertz CT molecular complexity index is 992. The predicted octanol–water partition coefficient (Wildman–Crippen LogP) is 4.13. The van der Waals surface area contributed by atoms with Crippen LogP contribution in [0.15, 0.2) is 48.8 Å². The molecular weight excluding hydrogens is 369 g/mol. The summed E-state index contributed by atoms with van der Waals surface area (Å²) in [5, 5.41) is 0. The van der Waals surface area contributed by atoms with E-state index in [2.05, 4.69) is 15.0 Å². The normalized spacial score (nSPS) is 13.9. The fourth-order valence-electron chi connectivity index (χ4n) is 3.33. The first kappa shape index (κ1) is 18.2. The predicted molar refractivity (Wildman–Crippen MR) is 98.0 cm³/mol. The molecule has 5 nitrogen and oxygen atoms in total. The van der Waals surface area contributed by atoms with Crippen LogP contribution in [-0.2, 0) is 19.1 Å². The lowest BCUT2D eigenvalue weighted by Crippen LogP contribution is -2.31. The second-order valence-corrected chi connectivity index (χ2v) is 6.44. The number of fused-ring (bicyclic) bond motifs is 1. The lowest BCUT2D eigenvalue weighted by molar-refractivity contribution is -0.141. The molecule has 0 saturated heterocycles. The van der Waals surface area contributed by atoms with E-state index in [1.807, 2.05) is 23.1 Å². The van der Waals surface area contributed by atoms with Crippen molar-refractivity contribution in [2.75, 3.05) is 18.6 Å². The van der Waals surface area contributed by atoms with Crippen molar-refractivity contribution >= 4 is 5.82 Å². The largest absolute Gasteiger partial charge is 0.496 e. The smallest absolute Gasteiger partial charge is 0.433 e. The van der Waals surface area contributed by atoms with Crippen LogP contribution in [0.3, 0.4) is 0 Å². The Morgan fingerprint density at radius 1 is 1.07 bits per heavy atom. The summed E-state index contributed by atoms with van der Waals surface area (Å²) in [6.45, 7) is 0.994. The number of ether oxygens (including phenoxy) is 1. The van der Waals surface area contributed by atoms with Crippen molar-refractivity contribution in [1.29, 1.82) is 0 Å². The Hall–Kier alpha value is -3.16. The zero-order valence-corrected chi connectivity index (χ0v) is 15.1. The van der Waals surface area contributed by atoms with Gasteiger partial charge in [0.2, 0.25) is 0 Å². The highest BCUT2D eigenvalue weighted by Crippen LogP contribution is 2.34. The number of methoxy groups -OCH3 is 1. The molecule has 144 valence electrons. The molecule has 0 unspecified atom stereocenters. The molecule has 0 spiro atoms. The zero-order valence-electron chi connectivity index (χ0n) is 15.1. The van der Waals surface area contributed by atoms with Crippen molar-refractivity contribution in [3.05, 3.63) is 65.6 Å². The molecule has 3 aromatic rings. The molecule has 0 bridgehead atoms. The van der Waals surface area contributed by atoms with Gasteiger partial charge >= 0.3 is 6.18 Å². The van der Waals surface area contributed by atoms with Crippen molar-refractivity contribution in [2.24, 2.45) is 0 Å². The van der Waals surface area contributed by atoms with Gasteiger partial charge in [-0.2, -0.15) is 13.2 Å². The van der Waals surface area contributed by atoms with Gasteiger partial charge < -0.3 is 9.64 Å². The molecule has 3 heterocycles. The lowest BCUT2D eigenvalue weighted by atomic mass is 9.98. The Morgan fingerprint density at radius 2 is 1.86 bits per heavy atom. The number of alkyl halides is 3. The Labute approximate surface area is 159 Å². The molecule has 0 amide bonds. The second kappa shape index (κ2) is 7.10. The molecule has 0 radical (unpaired) electrons. The van der Waals surface area contributed by atoms with E-state index < -0.39 is 11.9 Å². The standard InChI is InChI=1S/C20H17F3N4O/c1-28-16-4-2-3-14-12-27(10-7-15(14)16)18-11-17(20(21,22)23)25-19(26-18)13-5-8-24-9-6-13/h2-6,8-9,11H,7,10,12H2,1H3. The van der Waals surface area contributed by atoms with Crippen LogP contribution in [0.25, 0.3) is 11.4 Å². The van der Waals surface area contributed by atoms with Gasteiger partial charge in [0.15, 0.2) is 11.5 Å². The van der Waals surface area contributed by atoms with E-state index in [1.165, 1.54) is 12.4 Å². The average molecular weight is 386 g/mol. The summed E-state index contributed by atoms with van der Waals surface area (Å²) < 4.78 is 45.7. The van der Waals surface area contributed by atoms with E-state index in [9.17, 15) is 13.2 Å². The molecule has 2 aromatic heterocycles. The highest BCUT2D eigenvalue weighted by atomic mass is 19.4. The number of hydrogen-bond donors (Lipinski definition) is 0. The number of hydrogen-bond acceptors (Lipinski definition) is 5. The molecule has 28 heavy (non-hydrogen) atoms. The molecule has 1 aliphatic heterocycles. The van der Waals surface area contributed by atoms with Gasteiger partial charge in [0.1, 0.15) is 11.6 Å². The number of benzene rings is 1. The van der Waals surface area contributed by atoms with Crippen LogP contribution >= 0.6 is 0 Å². The maximum absolute atomic E-state index is 13.4. The van der Waals surface area contributed by atoms with Gasteiger partial charge in [-0.3, -0.25) is 4.98 Å². The number of rotatable bonds is 3. The van der Waals surface area contributed by atoms with E-state index in [1.54, 1.807) is 19.2 Å². The fourth-order valence-corrected chi connectivity index (χ4v) is 3.33. The number of pyridine rings is 1. The van der Waals surface area contributed by atoms with Crippen LogP contribution in [0.1, 0.15) is 16.8 Å². The molecular formula is C20H17F3N4O. The van der Waals surface area contributed by atoms with Crippen molar-refractivity contribution in [3.8, 4) is 17.1 Å². The summed E-state index contributed by atoms with van der Waals surface area (Å²) in [5.41, 5.74) is 1.63. The number of nitrogens with zero attached hydrogens (tertiary/aromatic N) is 4. The third kappa shape index (κ3) is 3.49. The van der Waals surface area contributed by atoms with Crippen LogP contribution in [0, 0.1) is 0 Å². The number of anilines is 1. The van der Waals surface area contributed by atoms with Crippen molar-refractivity contribution in [1.82, 2.24) is 15.0 Å². The summed E-state index contributed by atoms with van der Waals surface area (Å²) in [6, 6.07) is 9.92. The van der Waals surface area contributed by atoms with Gasteiger partial charge in [0.25, 0.3) is 0 Å². The Balaban J connectivity index is 1.75. The monoisotopic (exact) mass is 386 g/mol. The molecule has 0 atom stereocenters. The summed E-state index contributed by atoms with van der Waals surface area (Å²) >= 11 is 0. The first-order chi connectivity index (χ1) is 13.5. The summed E-state index contributed by atoms with van der Waals surface area (Å²) in [7, 11) is 1.61. The minimum Gasteiger partial charge on any atom is -0.496 e. The molecule has 4 rings (SSSR count). The van der Waals surface area contributed by atoms with E-state index in [-0.39, 0.29) is 11.6 Å². The molecule has 0 fully saturated rings. The van der Waals surface area contributed by atoms with E-state index in [0.29, 0.717) is 25.1 Å². The van der Waals surface area contributed by atoms with E-state index in [0.717, 1.165) is 22.9 Å². The Morgan fingerprint density at radius 3 is 2.57 bits per heavy atom. The maximum atomic E-state index is 13.4. The average Bonchev–Trinajstić information content (AvgIpc) is 2.72. The minimum absolute atomic E-state index is 0.0312. The van der Waals surface area contributed by atoms with E-state index in [4.69, 9.17) is 4.74 Å².